The van der Waals surface area contributed by atoms with Gasteiger partial charge in [-0.25, -0.2) is 4.79 Å². The molecule has 3 aromatic carbocycles. The van der Waals surface area contributed by atoms with E-state index < -0.39 is 29.7 Å². The monoisotopic (exact) mass is 442 g/mol. The Bertz CT molecular complexity index is 1170. The van der Waals surface area contributed by atoms with E-state index in [9.17, 15) is 19.2 Å². The van der Waals surface area contributed by atoms with Crippen molar-refractivity contribution in [2.24, 2.45) is 0 Å². The molecule has 0 fully saturated rings. The lowest BCUT2D eigenvalue weighted by Gasteiger charge is -2.25. The van der Waals surface area contributed by atoms with E-state index in [0.29, 0.717) is 11.3 Å². The van der Waals surface area contributed by atoms with Crippen molar-refractivity contribution in [2.75, 3.05) is 11.9 Å². The first-order valence-corrected chi connectivity index (χ1v) is 10.6. The zero-order valence-electron chi connectivity index (χ0n) is 18.0. The van der Waals surface area contributed by atoms with Crippen LogP contribution in [-0.2, 0) is 16.0 Å². The molecule has 0 radical (unpaired) electrons. The number of nitrogens with one attached hydrogen (secondary N) is 1. The minimum Gasteiger partial charge on any atom is -0.462 e. The van der Waals surface area contributed by atoms with E-state index in [1.54, 1.807) is 55.5 Å². The maximum absolute atomic E-state index is 13.3. The van der Waals surface area contributed by atoms with Crippen LogP contribution in [-0.4, -0.2) is 41.2 Å². The van der Waals surface area contributed by atoms with Crippen molar-refractivity contribution < 1.29 is 23.9 Å². The highest BCUT2D eigenvalue weighted by Gasteiger charge is 2.42. The van der Waals surface area contributed by atoms with Crippen molar-refractivity contribution in [3.63, 3.8) is 0 Å². The van der Waals surface area contributed by atoms with Gasteiger partial charge in [0.05, 0.1) is 23.3 Å². The number of anilines is 1. The zero-order chi connectivity index (χ0) is 23.4. The molecule has 33 heavy (non-hydrogen) atoms. The third-order valence-electron chi connectivity index (χ3n) is 5.38. The molecule has 7 heteroatoms. The number of esters is 1. The zero-order valence-corrected chi connectivity index (χ0v) is 18.0. The van der Waals surface area contributed by atoms with E-state index in [-0.39, 0.29) is 24.2 Å². The Morgan fingerprint density at radius 2 is 1.42 bits per heavy atom. The molecule has 166 valence electrons. The number of nitrogens with zero attached hydrogens (tertiary/aromatic N) is 1. The fourth-order valence-corrected chi connectivity index (χ4v) is 3.76. The SMILES string of the molecule is CCOC(=O)c1ccc(NC(=O)C(Cc2ccccc2)N2C(=O)c3ccccc3C2=O)cc1. The van der Waals surface area contributed by atoms with Crippen LogP contribution >= 0.6 is 0 Å². The molecule has 1 N–H and O–H groups in total. The molecule has 1 atom stereocenters. The molecule has 3 aromatic rings. The molecule has 0 saturated heterocycles. The largest absolute Gasteiger partial charge is 0.462 e. The lowest BCUT2D eigenvalue weighted by atomic mass is 10.0. The molecule has 0 bridgehead atoms. The fraction of sp³-hybridized carbons (Fsp3) is 0.154. The van der Waals surface area contributed by atoms with Gasteiger partial charge in [0.15, 0.2) is 0 Å². The van der Waals surface area contributed by atoms with Crippen molar-refractivity contribution in [3.8, 4) is 0 Å². The Hall–Kier alpha value is -4.26. The van der Waals surface area contributed by atoms with E-state index in [1.165, 1.54) is 0 Å². The molecule has 1 unspecified atom stereocenters. The Morgan fingerprint density at radius 3 is 2.00 bits per heavy atom. The Kier molecular flexibility index (Phi) is 6.31. The smallest absolute Gasteiger partial charge is 0.338 e. The number of ether oxygens (including phenoxy) is 1. The number of benzene rings is 3. The number of hydrogen-bond donors (Lipinski definition) is 1. The van der Waals surface area contributed by atoms with E-state index >= 15 is 0 Å². The molecule has 1 aliphatic rings. The van der Waals surface area contributed by atoms with Crippen LogP contribution in [0, 0.1) is 0 Å². The number of rotatable bonds is 7. The Labute approximate surface area is 191 Å². The van der Waals surface area contributed by atoms with Gasteiger partial charge in [0.25, 0.3) is 11.8 Å². The van der Waals surface area contributed by atoms with Crippen molar-refractivity contribution >= 4 is 29.4 Å². The fourth-order valence-electron chi connectivity index (χ4n) is 3.76. The second kappa shape index (κ2) is 9.48. The van der Waals surface area contributed by atoms with E-state index in [1.807, 2.05) is 30.3 Å². The minimum atomic E-state index is -1.05. The molecule has 0 saturated carbocycles. The molecule has 3 amide bonds. The third kappa shape index (κ3) is 4.52. The maximum atomic E-state index is 13.3. The summed E-state index contributed by atoms with van der Waals surface area (Å²) >= 11 is 0. The summed E-state index contributed by atoms with van der Waals surface area (Å²) in [6.45, 7) is 1.98. The molecule has 0 aliphatic carbocycles. The summed E-state index contributed by atoms with van der Waals surface area (Å²) in [4.78, 5) is 52.3. The van der Waals surface area contributed by atoms with Gasteiger partial charge in [-0.2, -0.15) is 0 Å². The van der Waals surface area contributed by atoms with Gasteiger partial charge in [-0.05, 0) is 48.9 Å². The highest BCUT2D eigenvalue weighted by molar-refractivity contribution is 6.23. The molecule has 1 heterocycles. The maximum Gasteiger partial charge on any atom is 0.338 e. The normalized spacial score (nSPS) is 13.4. The quantitative estimate of drug-likeness (QED) is 0.445. The lowest BCUT2D eigenvalue weighted by molar-refractivity contribution is -0.119. The first-order valence-electron chi connectivity index (χ1n) is 10.6. The average Bonchev–Trinajstić information content (AvgIpc) is 3.09. The van der Waals surface area contributed by atoms with Crippen LogP contribution in [0.15, 0.2) is 78.9 Å². The summed E-state index contributed by atoms with van der Waals surface area (Å²) in [7, 11) is 0. The van der Waals surface area contributed by atoms with Crippen molar-refractivity contribution in [1.82, 2.24) is 4.90 Å². The van der Waals surface area contributed by atoms with Gasteiger partial charge in [0.2, 0.25) is 5.91 Å². The summed E-state index contributed by atoms with van der Waals surface area (Å²) in [5.41, 5.74) is 2.17. The summed E-state index contributed by atoms with van der Waals surface area (Å²) in [5, 5.41) is 2.77. The number of amides is 3. The van der Waals surface area contributed by atoms with Crippen LogP contribution in [0.25, 0.3) is 0 Å². The number of imide groups is 1. The van der Waals surface area contributed by atoms with E-state index in [0.717, 1.165) is 10.5 Å². The summed E-state index contributed by atoms with van der Waals surface area (Å²) in [6.07, 6.45) is 0.166. The average molecular weight is 442 g/mol. The first kappa shape index (κ1) is 22.0. The van der Waals surface area contributed by atoms with Gasteiger partial charge in [-0.3, -0.25) is 19.3 Å². The van der Waals surface area contributed by atoms with Gasteiger partial charge >= 0.3 is 5.97 Å². The second-order valence-electron chi connectivity index (χ2n) is 7.52. The van der Waals surface area contributed by atoms with Gasteiger partial charge < -0.3 is 10.1 Å². The molecule has 1 aliphatic heterocycles. The molecule has 4 rings (SSSR count). The van der Waals surface area contributed by atoms with Crippen LogP contribution in [0.2, 0.25) is 0 Å². The molecular weight excluding hydrogens is 420 g/mol. The lowest BCUT2D eigenvalue weighted by Crippen LogP contribution is -2.48. The highest BCUT2D eigenvalue weighted by Crippen LogP contribution is 2.26. The number of hydrogen-bond acceptors (Lipinski definition) is 5. The van der Waals surface area contributed by atoms with Crippen LogP contribution < -0.4 is 5.32 Å². The number of carbonyl (C=O) groups is 4. The first-order chi connectivity index (χ1) is 16.0. The third-order valence-corrected chi connectivity index (χ3v) is 5.38. The second-order valence-corrected chi connectivity index (χ2v) is 7.52. The minimum absolute atomic E-state index is 0.166. The van der Waals surface area contributed by atoms with Crippen molar-refractivity contribution in [1.29, 1.82) is 0 Å². The molecule has 0 aromatic heterocycles. The van der Waals surface area contributed by atoms with Crippen molar-refractivity contribution in [3.05, 3.63) is 101 Å². The summed E-state index contributed by atoms with van der Waals surface area (Å²) in [5.74, 6) is -1.95. The van der Waals surface area contributed by atoms with E-state index in [4.69, 9.17) is 4.74 Å². The topological polar surface area (TPSA) is 92.8 Å². The Morgan fingerprint density at radius 1 is 0.848 bits per heavy atom. The van der Waals surface area contributed by atoms with Crippen LogP contribution in [0.4, 0.5) is 5.69 Å². The summed E-state index contributed by atoms with van der Waals surface area (Å²) < 4.78 is 4.97. The standard InChI is InChI=1S/C26H22N2O5/c1-2-33-26(32)18-12-14-19(15-13-18)27-23(29)22(16-17-8-4-3-5-9-17)28-24(30)20-10-6-7-11-21(20)25(28)31/h3-15,22H,2,16H2,1H3,(H,27,29). The van der Waals surface area contributed by atoms with Crippen LogP contribution in [0.3, 0.4) is 0 Å². The van der Waals surface area contributed by atoms with Gasteiger partial charge in [0.1, 0.15) is 6.04 Å². The number of fused-ring (bicyclic) bond motifs is 1. The van der Waals surface area contributed by atoms with Gasteiger partial charge in [-0.1, -0.05) is 42.5 Å². The Balaban J connectivity index is 1.60. The van der Waals surface area contributed by atoms with Gasteiger partial charge in [0, 0.05) is 12.1 Å². The van der Waals surface area contributed by atoms with Crippen LogP contribution in [0.1, 0.15) is 43.6 Å². The predicted octanol–water partition coefficient (Wildman–Crippen LogP) is 3.71. The van der Waals surface area contributed by atoms with E-state index in [2.05, 4.69) is 5.32 Å². The molecular formula is C26H22N2O5. The molecule has 7 nitrogen and oxygen atoms in total. The summed E-state index contributed by atoms with van der Waals surface area (Å²) in [6, 6.07) is 20.9. The van der Waals surface area contributed by atoms with Crippen LogP contribution in [0.5, 0.6) is 0 Å². The molecule has 0 spiro atoms. The van der Waals surface area contributed by atoms with Gasteiger partial charge in [-0.15, -0.1) is 0 Å². The van der Waals surface area contributed by atoms with Crippen molar-refractivity contribution in [2.45, 2.75) is 19.4 Å². The highest BCUT2D eigenvalue weighted by atomic mass is 16.5. The predicted molar refractivity (Wildman–Crippen MR) is 122 cm³/mol. The number of carbonyl (C=O) groups excluding carboxylic acids is 4.